The number of allylic oxidation sites excluding steroid dienone is 1. The summed E-state index contributed by atoms with van der Waals surface area (Å²) in [4.78, 5) is 24.4. The highest BCUT2D eigenvalue weighted by Gasteiger charge is 2.31. The van der Waals surface area contributed by atoms with Crippen molar-refractivity contribution >= 4 is 33.9 Å². The van der Waals surface area contributed by atoms with Gasteiger partial charge >= 0.3 is 5.97 Å². The Labute approximate surface area is 160 Å². The third-order valence-corrected chi connectivity index (χ3v) is 4.91. The van der Waals surface area contributed by atoms with Crippen molar-refractivity contribution in [2.45, 2.75) is 20.8 Å². The van der Waals surface area contributed by atoms with Gasteiger partial charge in [0.15, 0.2) is 0 Å². The number of rotatable bonds is 3. The van der Waals surface area contributed by atoms with Gasteiger partial charge in [0, 0.05) is 27.2 Å². The van der Waals surface area contributed by atoms with Crippen molar-refractivity contribution < 1.29 is 14.3 Å². The fourth-order valence-corrected chi connectivity index (χ4v) is 3.61. The smallest absolute Gasteiger partial charge is 0.340 e. The number of benzene rings is 1. The molecule has 0 atom stereocenters. The van der Waals surface area contributed by atoms with E-state index < -0.39 is 5.97 Å². The zero-order valence-corrected chi connectivity index (χ0v) is 16.6. The molecule has 3 rings (SSSR count). The van der Waals surface area contributed by atoms with Crippen LogP contribution in [0.15, 0.2) is 51.6 Å². The molecule has 2 aromatic rings. The van der Waals surface area contributed by atoms with Crippen LogP contribution in [0, 0.1) is 13.8 Å². The van der Waals surface area contributed by atoms with E-state index in [1.54, 1.807) is 13.0 Å². The lowest BCUT2D eigenvalue weighted by atomic mass is 10.0. The number of halogens is 1. The van der Waals surface area contributed by atoms with E-state index in [1.165, 1.54) is 7.11 Å². The van der Waals surface area contributed by atoms with Crippen molar-refractivity contribution in [1.29, 1.82) is 0 Å². The first-order chi connectivity index (χ1) is 12.3. The standard InChI is InChI=1S/C20H19BrN2O3/c1-11-8-14(13(3)23(11)16-7-5-6-15(21)10-16)9-17-18(20(25)26-4)12(2)22-19(17)24/h5-10H,1-4H3,(H,22,24)/b17-9-. The average molecular weight is 415 g/mol. The maximum absolute atomic E-state index is 12.3. The highest BCUT2D eigenvalue weighted by atomic mass is 79.9. The zero-order chi connectivity index (χ0) is 19.0. The monoisotopic (exact) mass is 414 g/mol. The Morgan fingerprint density at radius 1 is 1.23 bits per heavy atom. The summed E-state index contributed by atoms with van der Waals surface area (Å²) in [5, 5.41) is 2.69. The summed E-state index contributed by atoms with van der Waals surface area (Å²) in [7, 11) is 1.31. The molecular weight excluding hydrogens is 396 g/mol. The lowest BCUT2D eigenvalue weighted by Crippen LogP contribution is -2.15. The van der Waals surface area contributed by atoms with Crippen LogP contribution in [0.5, 0.6) is 0 Å². The van der Waals surface area contributed by atoms with Crippen molar-refractivity contribution in [2.24, 2.45) is 0 Å². The minimum atomic E-state index is -0.520. The van der Waals surface area contributed by atoms with Crippen LogP contribution in [0.2, 0.25) is 0 Å². The van der Waals surface area contributed by atoms with Gasteiger partial charge in [0.1, 0.15) is 0 Å². The number of methoxy groups -OCH3 is 1. The molecule has 0 spiro atoms. The van der Waals surface area contributed by atoms with Crippen LogP contribution in [-0.4, -0.2) is 23.6 Å². The Balaban J connectivity index is 2.12. The van der Waals surface area contributed by atoms with E-state index in [0.717, 1.165) is 27.1 Å². The quantitative estimate of drug-likeness (QED) is 0.613. The molecule has 0 radical (unpaired) electrons. The molecule has 0 aliphatic carbocycles. The molecule has 0 fully saturated rings. The van der Waals surface area contributed by atoms with Crippen molar-refractivity contribution in [3.05, 3.63) is 68.6 Å². The minimum Gasteiger partial charge on any atom is -0.465 e. The summed E-state index contributed by atoms with van der Waals surface area (Å²) < 4.78 is 7.92. The van der Waals surface area contributed by atoms with Crippen LogP contribution in [-0.2, 0) is 14.3 Å². The molecule has 1 aliphatic heterocycles. The van der Waals surface area contributed by atoms with Gasteiger partial charge in [-0.1, -0.05) is 22.0 Å². The number of esters is 1. The lowest BCUT2D eigenvalue weighted by Gasteiger charge is -2.10. The molecule has 1 aromatic carbocycles. The summed E-state index contributed by atoms with van der Waals surface area (Å²) in [5.41, 5.74) is 5.03. The highest BCUT2D eigenvalue weighted by Crippen LogP contribution is 2.29. The molecule has 1 aliphatic rings. The van der Waals surface area contributed by atoms with E-state index in [2.05, 4.69) is 25.8 Å². The van der Waals surface area contributed by atoms with Crippen molar-refractivity contribution in [1.82, 2.24) is 9.88 Å². The molecule has 0 saturated heterocycles. The van der Waals surface area contributed by atoms with Gasteiger partial charge in [-0.15, -0.1) is 0 Å². The summed E-state index contributed by atoms with van der Waals surface area (Å²) in [6.45, 7) is 5.68. The molecule has 0 saturated carbocycles. The molecule has 2 heterocycles. The maximum Gasteiger partial charge on any atom is 0.340 e. The molecule has 1 amide bonds. The zero-order valence-electron chi connectivity index (χ0n) is 15.0. The van der Waals surface area contributed by atoms with E-state index in [9.17, 15) is 9.59 Å². The number of ether oxygens (including phenoxy) is 1. The lowest BCUT2D eigenvalue weighted by molar-refractivity contribution is -0.136. The van der Waals surface area contributed by atoms with Crippen LogP contribution < -0.4 is 5.32 Å². The van der Waals surface area contributed by atoms with Gasteiger partial charge < -0.3 is 14.6 Å². The number of hydrogen-bond acceptors (Lipinski definition) is 3. The SMILES string of the molecule is COC(=O)C1=C(C)NC(=O)/C1=C\c1cc(C)n(-c2cccc(Br)c2)c1C. The predicted molar refractivity (Wildman–Crippen MR) is 104 cm³/mol. The van der Waals surface area contributed by atoms with Gasteiger partial charge in [-0.2, -0.15) is 0 Å². The van der Waals surface area contributed by atoms with E-state index in [1.807, 2.05) is 44.2 Å². The molecule has 1 N–H and O–H groups in total. The van der Waals surface area contributed by atoms with Crippen LogP contribution >= 0.6 is 15.9 Å². The highest BCUT2D eigenvalue weighted by molar-refractivity contribution is 9.10. The second-order valence-electron chi connectivity index (χ2n) is 6.15. The topological polar surface area (TPSA) is 60.3 Å². The number of nitrogens with zero attached hydrogens (tertiary/aromatic N) is 1. The Morgan fingerprint density at radius 3 is 2.62 bits per heavy atom. The minimum absolute atomic E-state index is 0.282. The normalized spacial score (nSPS) is 15.6. The molecule has 134 valence electrons. The Hall–Kier alpha value is -2.60. The summed E-state index contributed by atoms with van der Waals surface area (Å²) in [6.07, 6.45) is 1.74. The summed E-state index contributed by atoms with van der Waals surface area (Å²) in [5.74, 6) is -0.817. The molecule has 0 bridgehead atoms. The Morgan fingerprint density at radius 2 is 1.96 bits per heavy atom. The van der Waals surface area contributed by atoms with Crippen LogP contribution in [0.1, 0.15) is 23.9 Å². The molecule has 1 aromatic heterocycles. The van der Waals surface area contributed by atoms with Crippen LogP contribution in [0.25, 0.3) is 11.8 Å². The maximum atomic E-state index is 12.3. The number of carbonyl (C=O) groups excluding carboxylic acids is 2. The van der Waals surface area contributed by atoms with Crippen molar-refractivity contribution in [3.8, 4) is 5.69 Å². The van der Waals surface area contributed by atoms with Crippen LogP contribution in [0.4, 0.5) is 0 Å². The number of carbonyl (C=O) groups is 2. The van der Waals surface area contributed by atoms with Gasteiger partial charge in [-0.25, -0.2) is 4.79 Å². The average Bonchev–Trinajstić information content (AvgIpc) is 3.02. The van der Waals surface area contributed by atoms with E-state index in [-0.39, 0.29) is 11.5 Å². The largest absolute Gasteiger partial charge is 0.465 e. The number of aromatic nitrogens is 1. The summed E-state index contributed by atoms with van der Waals surface area (Å²) in [6, 6.07) is 10.00. The summed E-state index contributed by atoms with van der Waals surface area (Å²) >= 11 is 3.50. The van der Waals surface area contributed by atoms with Crippen molar-refractivity contribution in [3.63, 3.8) is 0 Å². The number of amides is 1. The Bertz CT molecular complexity index is 983. The van der Waals surface area contributed by atoms with Gasteiger partial charge in [0.2, 0.25) is 0 Å². The first-order valence-electron chi connectivity index (χ1n) is 8.11. The fourth-order valence-electron chi connectivity index (χ4n) is 3.22. The molecule has 6 heteroatoms. The van der Waals surface area contributed by atoms with E-state index in [0.29, 0.717) is 11.3 Å². The molecule has 5 nitrogen and oxygen atoms in total. The third kappa shape index (κ3) is 3.12. The molecule has 26 heavy (non-hydrogen) atoms. The molecule has 0 unspecified atom stereocenters. The number of nitrogens with one attached hydrogen (secondary N) is 1. The van der Waals surface area contributed by atoms with Crippen LogP contribution in [0.3, 0.4) is 0 Å². The predicted octanol–water partition coefficient (Wildman–Crippen LogP) is 3.82. The van der Waals surface area contributed by atoms with Gasteiger partial charge in [0.25, 0.3) is 5.91 Å². The first-order valence-corrected chi connectivity index (χ1v) is 8.90. The Kier molecular flexibility index (Phi) is 4.87. The fraction of sp³-hybridized carbons (Fsp3) is 0.200. The second kappa shape index (κ2) is 6.96. The van der Waals surface area contributed by atoms with E-state index >= 15 is 0 Å². The van der Waals surface area contributed by atoms with Gasteiger partial charge in [0.05, 0.1) is 18.3 Å². The first kappa shape index (κ1) is 18.2. The number of aryl methyl sites for hydroxylation is 1. The molecular formula is C20H19BrN2O3. The third-order valence-electron chi connectivity index (χ3n) is 4.42. The van der Waals surface area contributed by atoms with E-state index in [4.69, 9.17) is 4.74 Å². The van der Waals surface area contributed by atoms with Gasteiger partial charge in [-0.3, -0.25) is 4.79 Å². The number of hydrogen-bond donors (Lipinski definition) is 1. The van der Waals surface area contributed by atoms with Gasteiger partial charge in [-0.05, 0) is 56.7 Å². The van der Waals surface area contributed by atoms with Crippen molar-refractivity contribution in [2.75, 3.05) is 7.11 Å². The second-order valence-corrected chi connectivity index (χ2v) is 7.06.